The van der Waals surface area contributed by atoms with Crippen LogP contribution in [-0.4, -0.2) is 68.7 Å². The first-order valence-corrected chi connectivity index (χ1v) is 12.9. The molecule has 0 aromatic carbocycles. The molecule has 23 heteroatoms. The molecule has 0 saturated carbocycles. The van der Waals surface area contributed by atoms with Gasteiger partial charge in [0.25, 0.3) is 5.56 Å². The molecule has 33 heavy (non-hydrogen) atoms. The number of fused-ring (bicyclic) bond motifs is 1. The van der Waals surface area contributed by atoms with Gasteiger partial charge in [-0.15, -0.1) is 0 Å². The Morgan fingerprint density at radius 2 is 1.88 bits per heavy atom. The molecule has 2 aromatic heterocycles. The van der Waals surface area contributed by atoms with Gasteiger partial charge in [0.2, 0.25) is 11.7 Å². The number of nitrogens with two attached hydrogens (primary N) is 1. The third-order valence-corrected chi connectivity index (χ3v) is 8.16. The number of phosphoric acid groups is 3. The maximum atomic E-state index is 11.9. The SMILES string of the molecule is Nc1nc2c(ncn2[C@@H]2O[C@H](COP(=O)(O)OP(=O)(O)OP(=O)(O)O)[C@]3(NO3)[C@H]2O)c(=O)[nH]1. The number of H-pyrrole nitrogens is 1. The van der Waals surface area contributed by atoms with Crippen molar-refractivity contribution in [2.75, 3.05) is 12.3 Å². The van der Waals surface area contributed by atoms with E-state index in [2.05, 4.69) is 33.6 Å². The van der Waals surface area contributed by atoms with E-state index in [-0.39, 0.29) is 17.1 Å². The monoisotopic (exact) mass is 536 g/mol. The van der Waals surface area contributed by atoms with Gasteiger partial charge in [0, 0.05) is 0 Å². The van der Waals surface area contributed by atoms with Gasteiger partial charge >= 0.3 is 23.5 Å². The minimum absolute atomic E-state index is 0.0652. The first kappa shape index (κ1) is 24.5. The number of hydroxylamine groups is 1. The predicted molar refractivity (Wildman–Crippen MR) is 99.2 cm³/mol. The van der Waals surface area contributed by atoms with Gasteiger partial charge in [0.05, 0.1) is 12.9 Å². The minimum atomic E-state index is -5.72. The zero-order valence-electron chi connectivity index (χ0n) is 15.7. The number of aliphatic hydroxyl groups is 1. The lowest BCUT2D eigenvalue weighted by Gasteiger charge is -2.18. The van der Waals surface area contributed by atoms with Gasteiger partial charge in [-0.1, -0.05) is 0 Å². The van der Waals surface area contributed by atoms with Crippen LogP contribution in [-0.2, 0) is 36.4 Å². The molecule has 1 spiro atoms. The number of anilines is 1. The van der Waals surface area contributed by atoms with Gasteiger partial charge in [0.15, 0.2) is 17.4 Å². The number of rotatable bonds is 8. The van der Waals surface area contributed by atoms with Crippen molar-refractivity contribution in [3.63, 3.8) is 0 Å². The van der Waals surface area contributed by atoms with Crippen molar-refractivity contribution < 1.29 is 61.1 Å². The number of hydrogen-bond acceptors (Lipinski definition) is 14. The Bertz CT molecular complexity index is 1280. The molecule has 2 unspecified atom stereocenters. The lowest BCUT2D eigenvalue weighted by molar-refractivity contribution is -0.0489. The van der Waals surface area contributed by atoms with Crippen molar-refractivity contribution in [2.45, 2.75) is 24.2 Å². The molecule has 184 valence electrons. The smallest absolute Gasteiger partial charge is 0.384 e. The molecule has 4 heterocycles. The summed E-state index contributed by atoms with van der Waals surface area (Å²) >= 11 is 0. The summed E-state index contributed by atoms with van der Waals surface area (Å²) in [5.74, 6) is -0.249. The highest BCUT2D eigenvalue weighted by Crippen LogP contribution is 2.66. The van der Waals surface area contributed by atoms with Crippen molar-refractivity contribution in [3.05, 3.63) is 16.7 Å². The van der Waals surface area contributed by atoms with Crippen molar-refractivity contribution in [1.29, 1.82) is 0 Å². The largest absolute Gasteiger partial charge is 0.490 e. The molecule has 0 bridgehead atoms. The van der Waals surface area contributed by atoms with Crippen molar-refractivity contribution in [2.24, 2.45) is 0 Å². The molecule has 0 radical (unpaired) electrons. The molecule has 4 rings (SSSR count). The number of ether oxygens (including phenoxy) is 1. The Balaban J connectivity index is 1.51. The van der Waals surface area contributed by atoms with Gasteiger partial charge in [0.1, 0.15) is 12.2 Å². The number of phosphoric ester groups is 1. The quantitative estimate of drug-likeness (QED) is 0.128. The van der Waals surface area contributed by atoms with Crippen molar-refractivity contribution >= 4 is 40.6 Å². The van der Waals surface area contributed by atoms with Crippen LogP contribution >= 0.6 is 23.5 Å². The zero-order valence-corrected chi connectivity index (χ0v) is 18.4. The third-order valence-electron chi connectivity index (χ3n) is 4.36. The van der Waals surface area contributed by atoms with Crippen LogP contribution < -0.4 is 16.8 Å². The van der Waals surface area contributed by atoms with Crippen LogP contribution in [0.3, 0.4) is 0 Å². The number of nitrogen functional groups attached to an aromatic ring is 1. The molecule has 20 nitrogen and oxygen atoms in total. The lowest BCUT2D eigenvalue weighted by Crippen LogP contribution is -2.40. The molecule has 6 atom stereocenters. The standard InChI is InChI=1S/C10H15N6O14P3/c11-9-13-6-4(7(18)14-9)12-2-16(6)8-5(17)10(15-28-10)3(27-8)1-26-32(22,23)30-33(24,25)29-31(19,20)21/h2-3,5,8,15,17H,1H2,(H,22,23)(H,24,25)(H2,19,20,21)(H3,11,13,14,18)/t3-,5+,8-,10-/m1/s1. The molecule has 9 N–H and O–H groups in total. The molecule has 0 amide bonds. The second-order valence-electron chi connectivity index (χ2n) is 6.62. The van der Waals surface area contributed by atoms with E-state index in [0.29, 0.717) is 0 Å². The van der Waals surface area contributed by atoms with Crippen LogP contribution in [0.5, 0.6) is 0 Å². The summed E-state index contributed by atoms with van der Waals surface area (Å²) in [5.41, 5.74) is 5.34. The molecular formula is C10H15N6O14P3. The number of aromatic nitrogens is 4. The highest BCUT2D eigenvalue weighted by atomic mass is 31.3. The van der Waals surface area contributed by atoms with Crippen LogP contribution in [0.1, 0.15) is 6.23 Å². The van der Waals surface area contributed by atoms with Gasteiger partial charge < -0.3 is 35.2 Å². The van der Waals surface area contributed by atoms with Gasteiger partial charge in [-0.2, -0.15) is 19.1 Å². The number of aromatic amines is 1. The fraction of sp³-hybridized carbons (Fsp3) is 0.500. The zero-order chi connectivity index (χ0) is 24.4. The molecule has 2 aromatic rings. The summed E-state index contributed by atoms with van der Waals surface area (Å²) in [7, 11) is -16.7. The Kier molecular flexibility index (Phi) is 5.93. The highest BCUT2D eigenvalue weighted by molar-refractivity contribution is 7.66. The van der Waals surface area contributed by atoms with E-state index in [0.717, 1.165) is 10.9 Å². The van der Waals surface area contributed by atoms with E-state index in [1.165, 1.54) is 0 Å². The lowest BCUT2D eigenvalue weighted by atomic mass is 10.1. The summed E-state index contributed by atoms with van der Waals surface area (Å²) in [6, 6.07) is 0. The molecule has 2 aliphatic rings. The van der Waals surface area contributed by atoms with Crippen LogP contribution in [0.4, 0.5) is 5.95 Å². The first-order valence-electron chi connectivity index (χ1n) is 8.42. The number of hydrogen-bond donors (Lipinski definition) is 8. The Hall–Kier alpha value is -1.60. The van der Waals surface area contributed by atoms with Crippen molar-refractivity contribution in [1.82, 2.24) is 25.0 Å². The number of imidazole rings is 1. The second kappa shape index (κ2) is 7.98. The normalized spacial score (nSPS) is 31.0. The van der Waals surface area contributed by atoms with Crippen LogP contribution in [0, 0.1) is 0 Å². The predicted octanol–water partition coefficient (Wildman–Crippen LogP) is -2.47. The van der Waals surface area contributed by atoms with E-state index in [4.69, 9.17) is 25.1 Å². The fourth-order valence-corrected chi connectivity index (χ4v) is 6.05. The Labute approximate surface area is 180 Å². The first-order chi connectivity index (χ1) is 15.1. The Morgan fingerprint density at radius 1 is 1.21 bits per heavy atom. The topological polar surface area (TPSA) is 313 Å². The maximum Gasteiger partial charge on any atom is 0.490 e. The minimum Gasteiger partial charge on any atom is -0.384 e. The summed E-state index contributed by atoms with van der Waals surface area (Å²) in [4.78, 5) is 62.8. The average Bonchev–Trinajstić information content (AvgIpc) is 3.25. The molecular weight excluding hydrogens is 521 g/mol. The number of nitrogens with one attached hydrogen (secondary N) is 2. The highest BCUT2D eigenvalue weighted by Gasteiger charge is 2.68. The van der Waals surface area contributed by atoms with Gasteiger partial charge in [-0.05, 0) is 0 Å². The Morgan fingerprint density at radius 3 is 2.48 bits per heavy atom. The van der Waals surface area contributed by atoms with E-state index in [1.807, 2.05) is 0 Å². The number of aliphatic hydroxyl groups excluding tert-OH is 1. The molecule has 0 aliphatic carbocycles. The van der Waals surface area contributed by atoms with Crippen molar-refractivity contribution in [3.8, 4) is 0 Å². The molecule has 2 aliphatic heterocycles. The third kappa shape index (κ3) is 4.95. The van der Waals surface area contributed by atoms with Crippen LogP contribution in [0.15, 0.2) is 11.1 Å². The summed E-state index contributed by atoms with van der Waals surface area (Å²) in [5, 5.41) is 10.6. The van der Waals surface area contributed by atoms with E-state index in [9.17, 15) is 33.4 Å². The number of nitrogens with zero attached hydrogens (tertiary/aromatic N) is 3. The summed E-state index contributed by atoms with van der Waals surface area (Å²) < 4.78 is 52.5. The summed E-state index contributed by atoms with van der Waals surface area (Å²) in [6.07, 6.45) is -3.10. The van der Waals surface area contributed by atoms with Gasteiger partial charge in [-0.25, -0.2) is 18.7 Å². The molecule has 2 fully saturated rings. The van der Waals surface area contributed by atoms with Gasteiger partial charge in [-0.3, -0.25) is 23.7 Å². The average molecular weight is 536 g/mol. The fourth-order valence-electron chi connectivity index (χ4n) is 3.03. The van der Waals surface area contributed by atoms with E-state index in [1.54, 1.807) is 0 Å². The summed E-state index contributed by atoms with van der Waals surface area (Å²) in [6.45, 7) is -0.910. The van der Waals surface area contributed by atoms with Crippen LogP contribution in [0.25, 0.3) is 11.2 Å². The van der Waals surface area contributed by atoms with E-state index >= 15 is 0 Å². The van der Waals surface area contributed by atoms with Crippen LogP contribution in [0.2, 0.25) is 0 Å². The molecule has 2 saturated heterocycles. The second-order valence-corrected chi connectivity index (χ2v) is 11.0. The van der Waals surface area contributed by atoms with E-state index < -0.39 is 59.8 Å². The maximum absolute atomic E-state index is 11.9.